The molecule has 0 N–H and O–H groups in total. The lowest BCUT2D eigenvalue weighted by molar-refractivity contribution is -0.127. The predicted octanol–water partition coefficient (Wildman–Crippen LogP) is 1.47. The molecule has 23 heavy (non-hydrogen) atoms. The minimum Gasteiger partial charge on any atom is -0.439 e. The number of carbonyl (C=O) groups excluding carboxylic acids is 2. The SMILES string of the molecule is O=C1COC(=O)N1C1CCN(S(=O)(=O)c2ccc(Cl)cc2)CC1. The first-order valence-electron chi connectivity index (χ1n) is 7.14. The van der Waals surface area contributed by atoms with Gasteiger partial charge in [-0.1, -0.05) is 11.6 Å². The molecule has 0 aliphatic carbocycles. The molecule has 2 amide bonds. The van der Waals surface area contributed by atoms with Crippen LogP contribution in [0.15, 0.2) is 29.2 Å². The van der Waals surface area contributed by atoms with E-state index in [9.17, 15) is 18.0 Å². The highest BCUT2D eigenvalue weighted by atomic mass is 35.5. The van der Waals surface area contributed by atoms with Gasteiger partial charge in [-0.25, -0.2) is 18.1 Å². The number of sulfonamides is 1. The molecule has 0 spiro atoms. The van der Waals surface area contributed by atoms with Gasteiger partial charge in [-0.3, -0.25) is 4.79 Å². The molecule has 0 bridgehead atoms. The summed E-state index contributed by atoms with van der Waals surface area (Å²) in [4.78, 5) is 24.5. The number of amides is 2. The Bertz CT molecular complexity index is 710. The van der Waals surface area contributed by atoms with Gasteiger partial charge in [0.2, 0.25) is 10.0 Å². The van der Waals surface area contributed by atoms with E-state index in [0.29, 0.717) is 17.9 Å². The highest BCUT2D eigenvalue weighted by molar-refractivity contribution is 7.89. The minimum absolute atomic E-state index is 0.178. The van der Waals surface area contributed by atoms with E-state index in [1.54, 1.807) is 0 Å². The van der Waals surface area contributed by atoms with Crippen LogP contribution in [-0.2, 0) is 19.6 Å². The van der Waals surface area contributed by atoms with E-state index in [1.807, 2.05) is 0 Å². The molecule has 2 fully saturated rings. The summed E-state index contributed by atoms with van der Waals surface area (Å²) in [5.74, 6) is -0.367. The number of carbonyl (C=O) groups is 2. The first kappa shape index (κ1) is 16.2. The Morgan fingerprint density at radius 1 is 1.09 bits per heavy atom. The summed E-state index contributed by atoms with van der Waals surface area (Å²) in [7, 11) is -3.60. The Balaban J connectivity index is 1.70. The Morgan fingerprint density at radius 3 is 2.22 bits per heavy atom. The summed E-state index contributed by atoms with van der Waals surface area (Å²) in [5, 5.41) is 0.466. The van der Waals surface area contributed by atoms with Crippen molar-refractivity contribution in [2.24, 2.45) is 0 Å². The lowest BCUT2D eigenvalue weighted by Gasteiger charge is -2.33. The van der Waals surface area contributed by atoms with E-state index in [-0.39, 0.29) is 36.5 Å². The molecule has 1 aromatic rings. The van der Waals surface area contributed by atoms with Gasteiger partial charge in [-0.15, -0.1) is 0 Å². The van der Waals surface area contributed by atoms with E-state index >= 15 is 0 Å². The van der Waals surface area contributed by atoms with Crippen molar-refractivity contribution >= 4 is 33.6 Å². The van der Waals surface area contributed by atoms with Crippen molar-refractivity contribution in [2.75, 3.05) is 19.7 Å². The van der Waals surface area contributed by atoms with Crippen LogP contribution in [0.3, 0.4) is 0 Å². The lowest BCUT2D eigenvalue weighted by Crippen LogP contribution is -2.48. The molecule has 2 aliphatic rings. The zero-order chi connectivity index (χ0) is 16.6. The van der Waals surface area contributed by atoms with Crippen molar-refractivity contribution < 1.29 is 22.7 Å². The summed E-state index contributed by atoms with van der Waals surface area (Å²) in [5.41, 5.74) is 0. The molecule has 0 saturated carbocycles. The van der Waals surface area contributed by atoms with E-state index in [2.05, 4.69) is 0 Å². The highest BCUT2D eigenvalue weighted by Gasteiger charge is 2.40. The average Bonchev–Trinajstić information content (AvgIpc) is 2.87. The number of piperidine rings is 1. The summed E-state index contributed by atoms with van der Waals surface area (Å²) in [6, 6.07) is 5.67. The van der Waals surface area contributed by atoms with Crippen molar-refractivity contribution in [1.82, 2.24) is 9.21 Å². The minimum atomic E-state index is -3.60. The highest BCUT2D eigenvalue weighted by Crippen LogP contribution is 2.25. The third-order valence-electron chi connectivity index (χ3n) is 4.02. The van der Waals surface area contributed by atoms with E-state index in [1.165, 1.54) is 28.6 Å². The zero-order valence-corrected chi connectivity index (χ0v) is 13.7. The van der Waals surface area contributed by atoms with Gasteiger partial charge in [0.25, 0.3) is 5.91 Å². The van der Waals surface area contributed by atoms with Crippen molar-refractivity contribution in [3.8, 4) is 0 Å². The van der Waals surface area contributed by atoms with Gasteiger partial charge in [0.1, 0.15) is 0 Å². The molecule has 2 aliphatic heterocycles. The fourth-order valence-corrected chi connectivity index (χ4v) is 4.41. The van der Waals surface area contributed by atoms with E-state index in [4.69, 9.17) is 16.3 Å². The fourth-order valence-electron chi connectivity index (χ4n) is 2.81. The van der Waals surface area contributed by atoms with E-state index < -0.39 is 16.1 Å². The quantitative estimate of drug-likeness (QED) is 0.817. The predicted molar refractivity (Wildman–Crippen MR) is 81.4 cm³/mol. The van der Waals surface area contributed by atoms with Gasteiger partial charge in [0.05, 0.1) is 4.90 Å². The third-order valence-corrected chi connectivity index (χ3v) is 6.19. The van der Waals surface area contributed by atoms with Gasteiger partial charge in [0, 0.05) is 24.2 Å². The van der Waals surface area contributed by atoms with Crippen LogP contribution in [0.5, 0.6) is 0 Å². The second-order valence-electron chi connectivity index (χ2n) is 5.41. The molecular weight excluding hydrogens is 344 g/mol. The van der Waals surface area contributed by atoms with Crippen molar-refractivity contribution in [1.29, 1.82) is 0 Å². The zero-order valence-electron chi connectivity index (χ0n) is 12.1. The molecule has 0 aromatic heterocycles. The number of rotatable bonds is 3. The smallest absolute Gasteiger partial charge is 0.417 e. The first-order chi connectivity index (χ1) is 10.9. The summed E-state index contributed by atoms with van der Waals surface area (Å²) in [6.07, 6.45) is 0.149. The van der Waals surface area contributed by atoms with Crippen LogP contribution < -0.4 is 0 Å². The monoisotopic (exact) mass is 358 g/mol. The van der Waals surface area contributed by atoms with Crippen molar-refractivity contribution in [3.63, 3.8) is 0 Å². The third kappa shape index (κ3) is 3.06. The molecule has 3 rings (SSSR count). The van der Waals surface area contributed by atoms with Gasteiger partial charge in [0.15, 0.2) is 6.61 Å². The number of halogens is 1. The first-order valence-corrected chi connectivity index (χ1v) is 8.96. The van der Waals surface area contributed by atoms with Crippen LogP contribution in [0.4, 0.5) is 4.79 Å². The van der Waals surface area contributed by atoms with E-state index in [0.717, 1.165) is 4.90 Å². The van der Waals surface area contributed by atoms with Crippen LogP contribution in [0.25, 0.3) is 0 Å². The molecule has 0 unspecified atom stereocenters. The number of hydrogen-bond donors (Lipinski definition) is 0. The Labute approximate surface area is 138 Å². The number of ether oxygens (including phenoxy) is 1. The molecular formula is C14H15ClN2O5S. The lowest BCUT2D eigenvalue weighted by atomic mass is 10.1. The van der Waals surface area contributed by atoms with Crippen LogP contribution in [-0.4, -0.2) is 55.4 Å². The molecule has 1 aromatic carbocycles. The Kier molecular flexibility index (Phi) is 4.31. The van der Waals surface area contributed by atoms with Gasteiger partial charge >= 0.3 is 6.09 Å². The van der Waals surface area contributed by atoms with Crippen LogP contribution in [0.2, 0.25) is 5.02 Å². The van der Waals surface area contributed by atoms with Crippen LogP contribution in [0.1, 0.15) is 12.8 Å². The topological polar surface area (TPSA) is 84.0 Å². The van der Waals surface area contributed by atoms with Crippen LogP contribution in [0, 0.1) is 0 Å². The Hall–Kier alpha value is -1.64. The summed E-state index contributed by atoms with van der Waals surface area (Å²) in [6.45, 7) is 0.251. The van der Waals surface area contributed by atoms with Gasteiger partial charge in [-0.2, -0.15) is 4.31 Å². The number of imide groups is 1. The maximum absolute atomic E-state index is 12.6. The number of hydrogen-bond acceptors (Lipinski definition) is 5. The molecule has 2 saturated heterocycles. The maximum Gasteiger partial charge on any atom is 0.417 e. The molecule has 0 radical (unpaired) electrons. The number of cyclic esters (lactones) is 1. The second kappa shape index (κ2) is 6.10. The van der Waals surface area contributed by atoms with Crippen molar-refractivity contribution in [3.05, 3.63) is 29.3 Å². The van der Waals surface area contributed by atoms with Gasteiger partial charge < -0.3 is 4.74 Å². The normalized spacial score (nSPS) is 20.8. The van der Waals surface area contributed by atoms with Crippen LogP contribution >= 0.6 is 11.6 Å². The fraction of sp³-hybridized carbons (Fsp3) is 0.429. The standard InChI is InChI=1S/C14H15ClN2O5S/c15-10-1-3-12(4-2-10)23(20,21)16-7-5-11(6-8-16)17-13(18)9-22-14(17)19/h1-4,11H,5-9H2. The molecule has 7 nitrogen and oxygen atoms in total. The second-order valence-corrected chi connectivity index (χ2v) is 7.78. The molecule has 124 valence electrons. The summed E-state index contributed by atoms with van der Waals surface area (Å²) >= 11 is 5.78. The van der Waals surface area contributed by atoms with Crippen molar-refractivity contribution in [2.45, 2.75) is 23.8 Å². The largest absolute Gasteiger partial charge is 0.439 e. The van der Waals surface area contributed by atoms with Gasteiger partial charge in [-0.05, 0) is 37.1 Å². The number of nitrogens with zero attached hydrogens (tertiary/aromatic N) is 2. The summed E-state index contributed by atoms with van der Waals surface area (Å²) < 4.78 is 31.2. The molecule has 9 heteroatoms. The Morgan fingerprint density at radius 2 is 1.70 bits per heavy atom. The molecule has 2 heterocycles. The average molecular weight is 359 g/mol. The number of benzene rings is 1. The maximum atomic E-state index is 12.6. The molecule has 0 atom stereocenters.